The molecule has 0 aromatic carbocycles. The summed E-state index contributed by atoms with van der Waals surface area (Å²) in [5.41, 5.74) is -0.384. The number of aromatic carboxylic acids is 1. The Morgan fingerprint density at radius 2 is 2.17 bits per heavy atom. The van der Waals surface area contributed by atoms with Crippen molar-refractivity contribution in [1.29, 1.82) is 0 Å². The first-order valence-electron chi connectivity index (χ1n) is 3.05. The maximum Gasteiger partial charge on any atom is 0.342 e. The third kappa shape index (κ3) is 1.26. The highest BCUT2D eigenvalue weighted by Crippen LogP contribution is 2.12. The molecule has 0 spiro atoms. The van der Waals surface area contributed by atoms with Gasteiger partial charge in [-0.05, 0) is 0 Å². The fraction of sp³-hybridized carbons (Fsp3) is 0.167. The minimum Gasteiger partial charge on any atom is -0.492 e. The molecule has 0 saturated carbocycles. The quantitative estimate of drug-likeness (QED) is 0.616. The zero-order valence-corrected chi connectivity index (χ0v) is 6.18. The second-order valence-electron chi connectivity index (χ2n) is 2.14. The van der Waals surface area contributed by atoms with E-state index in [1.807, 2.05) is 0 Å². The summed E-state index contributed by atoms with van der Waals surface area (Å²) in [5.74, 6) is -2.43. The van der Waals surface area contributed by atoms with Crippen LogP contribution in [0.25, 0.3) is 0 Å². The van der Waals surface area contributed by atoms with Crippen molar-refractivity contribution in [2.24, 2.45) is 0 Å². The van der Waals surface area contributed by atoms with Crippen LogP contribution in [0.15, 0.2) is 6.20 Å². The van der Waals surface area contributed by atoms with E-state index in [4.69, 9.17) is 10.2 Å². The molecule has 0 saturated heterocycles. The van der Waals surface area contributed by atoms with Crippen LogP contribution in [-0.4, -0.2) is 31.9 Å². The maximum atomic E-state index is 10.6. The van der Waals surface area contributed by atoms with E-state index in [-0.39, 0.29) is 5.56 Å². The van der Waals surface area contributed by atoms with Gasteiger partial charge in [0.2, 0.25) is 11.8 Å². The SMILES string of the molecule is CC(=O)n1cc(C(=O)O)c(O)n1. The lowest BCUT2D eigenvalue weighted by Crippen LogP contribution is -2.05. The largest absolute Gasteiger partial charge is 0.492 e. The zero-order valence-electron chi connectivity index (χ0n) is 6.18. The first-order valence-corrected chi connectivity index (χ1v) is 3.05. The van der Waals surface area contributed by atoms with Gasteiger partial charge in [0.05, 0.1) is 6.20 Å². The Hall–Kier alpha value is -1.85. The highest BCUT2D eigenvalue weighted by molar-refractivity contribution is 5.91. The lowest BCUT2D eigenvalue weighted by Gasteiger charge is -1.87. The van der Waals surface area contributed by atoms with Gasteiger partial charge in [0.1, 0.15) is 5.56 Å². The molecule has 1 aromatic rings. The third-order valence-electron chi connectivity index (χ3n) is 1.25. The second-order valence-corrected chi connectivity index (χ2v) is 2.14. The predicted molar refractivity (Wildman–Crippen MR) is 37.2 cm³/mol. The van der Waals surface area contributed by atoms with Crippen molar-refractivity contribution in [2.75, 3.05) is 0 Å². The van der Waals surface area contributed by atoms with Gasteiger partial charge in [-0.2, -0.15) is 0 Å². The van der Waals surface area contributed by atoms with Crippen LogP contribution in [0.5, 0.6) is 5.88 Å². The summed E-state index contributed by atoms with van der Waals surface area (Å²) in [6, 6.07) is 0. The average molecular weight is 170 g/mol. The van der Waals surface area contributed by atoms with Gasteiger partial charge in [-0.3, -0.25) is 4.79 Å². The molecule has 0 fully saturated rings. The minimum absolute atomic E-state index is 0.384. The van der Waals surface area contributed by atoms with Gasteiger partial charge in [-0.15, -0.1) is 5.10 Å². The van der Waals surface area contributed by atoms with Gasteiger partial charge in [0.15, 0.2) is 0 Å². The van der Waals surface area contributed by atoms with E-state index in [1.165, 1.54) is 6.92 Å². The molecule has 64 valence electrons. The summed E-state index contributed by atoms with van der Waals surface area (Å²) < 4.78 is 0.763. The number of nitrogens with zero attached hydrogens (tertiary/aromatic N) is 2. The fourth-order valence-corrected chi connectivity index (χ4v) is 0.677. The zero-order chi connectivity index (χ0) is 9.30. The van der Waals surface area contributed by atoms with Crippen molar-refractivity contribution in [1.82, 2.24) is 9.78 Å². The molecule has 12 heavy (non-hydrogen) atoms. The van der Waals surface area contributed by atoms with E-state index in [2.05, 4.69) is 5.10 Å². The van der Waals surface area contributed by atoms with Crippen molar-refractivity contribution in [3.63, 3.8) is 0 Å². The number of rotatable bonds is 1. The molecule has 0 atom stereocenters. The number of aromatic nitrogens is 2. The minimum atomic E-state index is -1.32. The molecule has 0 amide bonds. The van der Waals surface area contributed by atoms with E-state index in [0.29, 0.717) is 0 Å². The number of carbonyl (C=O) groups excluding carboxylic acids is 1. The topological polar surface area (TPSA) is 92.4 Å². The molecule has 0 unspecified atom stereocenters. The molecule has 0 bridgehead atoms. The smallest absolute Gasteiger partial charge is 0.342 e. The number of carbonyl (C=O) groups is 2. The van der Waals surface area contributed by atoms with Crippen molar-refractivity contribution in [2.45, 2.75) is 6.92 Å². The summed E-state index contributed by atoms with van der Waals surface area (Å²) in [6.07, 6.45) is 0.958. The van der Waals surface area contributed by atoms with E-state index in [1.54, 1.807) is 0 Å². The van der Waals surface area contributed by atoms with E-state index >= 15 is 0 Å². The lowest BCUT2D eigenvalue weighted by molar-refractivity contribution is 0.0693. The number of hydrogen-bond acceptors (Lipinski definition) is 4. The van der Waals surface area contributed by atoms with Crippen molar-refractivity contribution >= 4 is 11.9 Å². The highest BCUT2D eigenvalue weighted by Gasteiger charge is 2.15. The highest BCUT2D eigenvalue weighted by atomic mass is 16.4. The van der Waals surface area contributed by atoms with Crippen LogP contribution in [-0.2, 0) is 0 Å². The summed E-state index contributed by atoms with van der Waals surface area (Å²) in [7, 11) is 0. The van der Waals surface area contributed by atoms with E-state index < -0.39 is 17.8 Å². The Balaban J connectivity index is 3.17. The average Bonchev–Trinajstić information content (AvgIpc) is 2.30. The van der Waals surface area contributed by atoms with Crippen LogP contribution in [0.2, 0.25) is 0 Å². The molecule has 0 aliphatic rings. The Morgan fingerprint density at radius 3 is 2.42 bits per heavy atom. The molecule has 6 heteroatoms. The summed E-state index contributed by atoms with van der Waals surface area (Å²) in [5, 5.41) is 20.6. The summed E-state index contributed by atoms with van der Waals surface area (Å²) in [4.78, 5) is 21.0. The standard InChI is InChI=1S/C6H6N2O4/c1-3(9)8-2-4(6(11)12)5(10)7-8/h2H,1H3,(H,7,10)(H,11,12). The van der Waals surface area contributed by atoms with Crippen molar-refractivity contribution in [3.05, 3.63) is 11.8 Å². The van der Waals surface area contributed by atoms with Crippen LogP contribution in [0, 0.1) is 0 Å². The molecule has 1 aromatic heterocycles. The number of carboxylic acid groups (broad SMARTS) is 1. The normalized spacial score (nSPS) is 9.75. The third-order valence-corrected chi connectivity index (χ3v) is 1.25. The molecule has 0 aliphatic carbocycles. The Labute approximate surface area is 67.0 Å². The number of hydrogen-bond donors (Lipinski definition) is 2. The van der Waals surface area contributed by atoms with Crippen LogP contribution >= 0.6 is 0 Å². The Bertz CT molecular complexity index is 341. The Morgan fingerprint density at radius 1 is 1.58 bits per heavy atom. The Kier molecular flexibility index (Phi) is 1.82. The predicted octanol–water partition coefficient (Wildman–Crippen LogP) is -0.0530. The van der Waals surface area contributed by atoms with Gasteiger partial charge in [-0.25, -0.2) is 9.48 Å². The molecular formula is C6H6N2O4. The molecule has 0 aliphatic heterocycles. The second kappa shape index (κ2) is 2.65. The first kappa shape index (κ1) is 8.25. The summed E-state index contributed by atoms with van der Waals surface area (Å²) >= 11 is 0. The fourth-order valence-electron chi connectivity index (χ4n) is 0.677. The van der Waals surface area contributed by atoms with E-state index in [0.717, 1.165) is 10.9 Å². The first-order chi connectivity index (χ1) is 5.52. The van der Waals surface area contributed by atoms with E-state index in [9.17, 15) is 9.59 Å². The van der Waals surface area contributed by atoms with Crippen LogP contribution in [0.3, 0.4) is 0 Å². The van der Waals surface area contributed by atoms with Gasteiger partial charge < -0.3 is 10.2 Å². The van der Waals surface area contributed by atoms with Crippen LogP contribution < -0.4 is 0 Å². The van der Waals surface area contributed by atoms with Gasteiger partial charge in [-0.1, -0.05) is 0 Å². The van der Waals surface area contributed by atoms with Gasteiger partial charge in [0.25, 0.3) is 0 Å². The number of carboxylic acids is 1. The molecule has 1 heterocycles. The molecule has 6 nitrogen and oxygen atoms in total. The lowest BCUT2D eigenvalue weighted by atomic mass is 10.3. The maximum absolute atomic E-state index is 10.6. The molecule has 2 N–H and O–H groups in total. The molecule has 1 rings (SSSR count). The van der Waals surface area contributed by atoms with Crippen LogP contribution in [0.4, 0.5) is 0 Å². The van der Waals surface area contributed by atoms with Crippen molar-refractivity contribution < 1.29 is 19.8 Å². The van der Waals surface area contributed by atoms with Gasteiger partial charge in [0, 0.05) is 6.92 Å². The van der Waals surface area contributed by atoms with Crippen LogP contribution in [0.1, 0.15) is 22.1 Å². The van der Waals surface area contributed by atoms with Crippen molar-refractivity contribution in [3.8, 4) is 5.88 Å². The molecule has 0 radical (unpaired) electrons. The summed E-state index contributed by atoms with van der Waals surface area (Å²) in [6.45, 7) is 1.21. The van der Waals surface area contributed by atoms with Gasteiger partial charge >= 0.3 is 5.97 Å². The molecular weight excluding hydrogens is 164 g/mol. The number of aromatic hydroxyl groups is 1. The monoisotopic (exact) mass is 170 g/mol.